The Hall–Kier alpha value is -2.14. The van der Waals surface area contributed by atoms with Crippen molar-refractivity contribution in [2.45, 2.75) is 19.4 Å². The van der Waals surface area contributed by atoms with Crippen molar-refractivity contribution in [2.24, 2.45) is 10.8 Å². The van der Waals surface area contributed by atoms with Crippen molar-refractivity contribution in [3.8, 4) is 0 Å². The van der Waals surface area contributed by atoms with Gasteiger partial charge in [-0.25, -0.2) is 10.2 Å². The summed E-state index contributed by atoms with van der Waals surface area (Å²) in [5, 5.41) is 13.7. The number of nitrogens with zero attached hydrogens (tertiary/aromatic N) is 1. The van der Waals surface area contributed by atoms with Gasteiger partial charge in [0, 0.05) is 0 Å². The second-order valence-corrected chi connectivity index (χ2v) is 4.28. The highest BCUT2D eigenvalue weighted by Gasteiger charge is 2.19. The Morgan fingerprint density at radius 1 is 1.39 bits per heavy atom. The number of nitrogens with two attached hydrogens (primary N) is 1. The van der Waals surface area contributed by atoms with Crippen LogP contribution in [0.25, 0.3) is 6.08 Å². The standard InChI is InChI=1S/C13H17N3O2/c1-13(2,18)11(15-16-12(14)17)9-8-10-6-4-3-5-7-10/h3-9,18H,1-2H3,(H3,14,16,17). The number of benzene rings is 1. The Labute approximate surface area is 106 Å². The van der Waals surface area contributed by atoms with Gasteiger partial charge in [-0.1, -0.05) is 36.4 Å². The molecule has 0 heterocycles. The molecule has 0 fully saturated rings. The second kappa shape index (κ2) is 5.97. The summed E-state index contributed by atoms with van der Waals surface area (Å²) >= 11 is 0. The first-order chi connectivity index (χ1) is 8.39. The normalized spacial score (nSPS) is 12.7. The fourth-order valence-corrected chi connectivity index (χ4v) is 1.23. The maximum absolute atomic E-state index is 10.6. The van der Waals surface area contributed by atoms with E-state index in [1.807, 2.05) is 30.3 Å². The summed E-state index contributed by atoms with van der Waals surface area (Å²) in [6.45, 7) is 3.15. The van der Waals surface area contributed by atoms with Crippen LogP contribution in [0.2, 0.25) is 0 Å². The van der Waals surface area contributed by atoms with E-state index in [2.05, 4.69) is 10.5 Å². The van der Waals surface area contributed by atoms with Gasteiger partial charge in [0.15, 0.2) is 0 Å². The minimum atomic E-state index is -1.17. The number of nitrogens with one attached hydrogen (secondary N) is 1. The molecule has 0 radical (unpaired) electrons. The zero-order chi connectivity index (χ0) is 13.6. The van der Waals surface area contributed by atoms with Crippen LogP contribution in [0.1, 0.15) is 19.4 Å². The molecule has 0 unspecified atom stereocenters. The van der Waals surface area contributed by atoms with Crippen LogP contribution in [0.5, 0.6) is 0 Å². The largest absolute Gasteiger partial charge is 0.384 e. The quantitative estimate of drug-likeness (QED) is 0.556. The summed E-state index contributed by atoms with van der Waals surface area (Å²) in [6.07, 6.45) is 3.42. The number of primary amides is 1. The molecule has 0 saturated carbocycles. The highest BCUT2D eigenvalue weighted by atomic mass is 16.3. The van der Waals surface area contributed by atoms with Crippen LogP contribution >= 0.6 is 0 Å². The molecule has 96 valence electrons. The molecule has 5 nitrogen and oxygen atoms in total. The van der Waals surface area contributed by atoms with Crippen LogP contribution in [0, 0.1) is 0 Å². The second-order valence-electron chi connectivity index (χ2n) is 4.28. The molecule has 0 bridgehead atoms. The first-order valence-electron chi connectivity index (χ1n) is 5.48. The molecule has 2 amide bonds. The Kier molecular flexibility index (Phi) is 4.62. The van der Waals surface area contributed by atoms with Crippen LogP contribution < -0.4 is 11.2 Å². The minimum absolute atomic E-state index is 0.310. The van der Waals surface area contributed by atoms with Crippen LogP contribution in [0.15, 0.2) is 41.5 Å². The number of aliphatic hydroxyl groups is 1. The number of carbonyl (C=O) groups is 1. The van der Waals surface area contributed by atoms with Crippen molar-refractivity contribution in [3.05, 3.63) is 42.0 Å². The van der Waals surface area contributed by atoms with E-state index in [9.17, 15) is 9.90 Å². The molecule has 0 aromatic heterocycles. The van der Waals surface area contributed by atoms with E-state index in [0.717, 1.165) is 5.56 Å². The van der Waals surface area contributed by atoms with Crippen molar-refractivity contribution in [3.63, 3.8) is 0 Å². The van der Waals surface area contributed by atoms with Gasteiger partial charge in [-0.3, -0.25) is 0 Å². The zero-order valence-corrected chi connectivity index (χ0v) is 10.4. The molecular formula is C13H17N3O2. The molecule has 0 atom stereocenters. The third-order valence-corrected chi connectivity index (χ3v) is 2.15. The van der Waals surface area contributed by atoms with Crippen molar-refractivity contribution < 1.29 is 9.90 Å². The van der Waals surface area contributed by atoms with Crippen LogP contribution in [-0.4, -0.2) is 22.5 Å². The molecule has 0 aliphatic carbocycles. The van der Waals surface area contributed by atoms with Gasteiger partial charge in [0.2, 0.25) is 0 Å². The third kappa shape index (κ3) is 4.80. The van der Waals surface area contributed by atoms with Crippen LogP contribution in [0.3, 0.4) is 0 Å². The Morgan fingerprint density at radius 2 is 2.00 bits per heavy atom. The average Bonchev–Trinajstić information content (AvgIpc) is 2.28. The third-order valence-electron chi connectivity index (χ3n) is 2.15. The van der Waals surface area contributed by atoms with E-state index >= 15 is 0 Å². The molecule has 1 aromatic rings. The first-order valence-corrected chi connectivity index (χ1v) is 5.48. The summed E-state index contributed by atoms with van der Waals surface area (Å²) < 4.78 is 0. The number of hydrogen-bond acceptors (Lipinski definition) is 3. The fourth-order valence-electron chi connectivity index (χ4n) is 1.23. The molecule has 4 N–H and O–H groups in total. The van der Waals surface area contributed by atoms with Crippen LogP contribution in [0.4, 0.5) is 4.79 Å². The number of amides is 2. The number of carbonyl (C=O) groups excluding carboxylic acids is 1. The molecule has 0 saturated heterocycles. The van der Waals surface area contributed by atoms with E-state index < -0.39 is 11.6 Å². The van der Waals surface area contributed by atoms with E-state index in [-0.39, 0.29) is 0 Å². The zero-order valence-electron chi connectivity index (χ0n) is 10.4. The maximum atomic E-state index is 10.6. The maximum Gasteiger partial charge on any atom is 0.332 e. The Morgan fingerprint density at radius 3 is 2.50 bits per heavy atom. The van der Waals surface area contributed by atoms with Gasteiger partial charge in [-0.05, 0) is 25.5 Å². The van der Waals surface area contributed by atoms with Gasteiger partial charge in [0.25, 0.3) is 0 Å². The highest BCUT2D eigenvalue weighted by Crippen LogP contribution is 2.08. The molecule has 0 aliphatic heterocycles. The number of rotatable bonds is 4. The molecule has 1 aromatic carbocycles. The van der Waals surface area contributed by atoms with Gasteiger partial charge >= 0.3 is 6.03 Å². The monoisotopic (exact) mass is 247 g/mol. The van der Waals surface area contributed by atoms with Gasteiger partial charge in [-0.15, -0.1) is 0 Å². The Bertz CT molecular complexity index is 459. The molecule has 5 heteroatoms. The summed E-state index contributed by atoms with van der Waals surface area (Å²) in [5.41, 5.74) is 7.14. The van der Waals surface area contributed by atoms with Gasteiger partial charge in [-0.2, -0.15) is 5.10 Å². The lowest BCUT2D eigenvalue weighted by molar-refractivity contribution is 0.154. The predicted octanol–water partition coefficient (Wildman–Crippen LogP) is 1.49. The first kappa shape index (κ1) is 13.9. The van der Waals surface area contributed by atoms with Crippen molar-refractivity contribution >= 4 is 17.8 Å². The smallest absolute Gasteiger partial charge is 0.332 e. The van der Waals surface area contributed by atoms with E-state index in [1.54, 1.807) is 26.0 Å². The highest BCUT2D eigenvalue weighted by molar-refractivity contribution is 6.04. The molecular weight excluding hydrogens is 230 g/mol. The summed E-state index contributed by atoms with van der Waals surface area (Å²) in [5.74, 6) is 0. The molecule has 0 spiro atoms. The number of hydrogen-bond donors (Lipinski definition) is 3. The predicted molar refractivity (Wildman–Crippen MR) is 71.9 cm³/mol. The number of urea groups is 1. The lowest BCUT2D eigenvalue weighted by atomic mass is 10.0. The van der Waals surface area contributed by atoms with Gasteiger partial charge in [0.1, 0.15) is 5.60 Å². The van der Waals surface area contributed by atoms with E-state index in [0.29, 0.717) is 5.71 Å². The van der Waals surface area contributed by atoms with Crippen molar-refractivity contribution in [1.29, 1.82) is 0 Å². The minimum Gasteiger partial charge on any atom is -0.384 e. The fraction of sp³-hybridized carbons (Fsp3) is 0.231. The van der Waals surface area contributed by atoms with Crippen LogP contribution in [-0.2, 0) is 0 Å². The van der Waals surface area contributed by atoms with E-state index in [4.69, 9.17) is 5.73 Å². The Balaban J connectivity index is 2.89. The van der Waals surface area contributed by atoms with E-state index in [1.165, 1.54) is 0 Å². The number of hydrazone groups is 1. The lowest BCUT2D eigenvalue weighted by Crippen LogP contribution is -2.34. The topological polar surface area (TPSA) is 87.7 Å². The molecule has 1 rings (SSSR count). The summed E-state index contributed by atoms with van der Waals surface area (Å²) in [6, 6.07) is 8.78. The lowest BCUT2D eigenvalue weighted by Gasteiger charge is -2.17. The molecule has 18 heavy (non-hydrogen) atoms. The molecule has 0 aliphatic rings. The summed E-state index contributed by atoms with van der Waals surface area (Å²) in [4.78, 5) is 10.6. The SMILES string of the molecule is CC(C)(O)C(C=Cc1ccccc1)=NNC(N)=O. The van der Waals surface area contributed by atoms with Crippen molar-refractivity contribution in [1.82, 2.24) is 5.43 Å². The van der Waals surface area contributed by atoms with Gasteiger partial charge < -0.3 is 10.8 Å². The average molecular weight is 247 g/mol. The van der Waals surface area contributed by atoms with Gasteiger partial charge in [0.05, 0.1) is 5.71 Å². The summed E-state index contributed by atoms with van der Waals surface area (Å²) in [7, 11) is 0. The van der Waals surface area contributed by atoms with Crippen molar-refractivity contribution in [2.75, 3.05) is 0 Å².